The van der Waals surface area contributed by atoms with Crippen molar-refractivity contribution in [3.63, 3.8) is 0 Å². The van der Waals surface area contributed by atoms with E-state index in [2.05, 4.69) is 20.6 Å². The van der Waals surface area contributed by atoms with E-state index in [0.29, 0.717) is 29.2 Å². The van der Waals surface area contributed by atoms with Gasteiger partial charge in [-0.25, -0.2) is 14.8 Å². The lowest BCUT2D eigenvalue weighted by atomic mass is 10.0. The maximum absolute atomic E-state index is 13.0. The number of piperidine rings is 1. The lowest BCUT2D eigenvalue weighted by Crippen LogP contribution is -2.55. The molecule has 37 heavy (non-hydrogen) atoms. The molecule has 0 bridgehead atoms. The Morgan fingerprint density at radius 2 is 1.73 bits per heavy atom. The summed E-state index contributed by atoms with van der Waals surface area (Å²) in [6, 6.07) is 16.9. The molecule has 192 valence electrons. The van der Waals surface area contributed by atoms with E-state index in [1.54, 1.807) is 0 Å². The molecule has 0 saturated carbocycles. The summed E-state index contributed by atoms with van der Waals surface area (Å²) >= 11 is 0. The van der Waals surface area contributed by atoms with Crippen molar-refractivity contribution in [3.05, 3.63) is 72.1 Å². The first-order chi connectivity index (χ1) is 18.1. The van der Waals surface area contributed by atoms with Gasteiger partial charge in [-0.2, -0.15) is 0 Å². The highest BCUT2D eigenvalue weighted by atomic mass is 16.5. The highest BCUT2D eigenvalue weighted by Crippen LogP contribution is 2.26. The highest BCUT2D eigenvalue weighted by Gasteiger charge is 2.29. The summed E-state index contributed by atoms with van der Waals surface area (Å²) in [4.78, 5) is 25.4. The molecule has 1 aromatic heterocycles. The zero-order valence-corrected chi connectivity index (χ0v) is 20.7. The molecule has 2 aromatic carbocycles. The number of likely N-dealkylation sites (tertiary alicyclic amines) is 1. The summed E-state index contributed by atoms with van der Waals surface area (Å²) in [5.41, 5.74) is 7.57. The van der Waals surface area contributed by atoms with Crippen molar-refractivity contribution < 1.29 is 9.53 Å². The van der Waals surface area contributed by atoms with E-state index in [-0.39, 0.29) is 23.6 Å². The summed E-state index contributed by atoms with van der Waals surface area (Å²) in [5.74, 6) is 2.16. The number of urea groups is 1. The highest BCUT2D eigenvalue weighted by molar-refractivity contribution is 6.16. The number of nitrogens with zero attached hydrogens (tertiary/aromatic N) is 4. The van der Waals surface area contributed by atoms with Gasteiger partial charge >= 0.3 is 6.03 Å². The number of nitrogens with two attached hydrogens (primary N) is 1. The number of hydrogen-bond acceptors (Lipinski definition) is 8. The first-order valence-electron chi connectivity index (χ1n) is 12.6. The Morgan fingerprint density at radius 3 is 2.49 bits per heavy atom. The number of hydrogen-bond donors (Lipinski definition) is 4. The predicted molar refractivity (Wildman–Crippen MR) is 143 cm³/mol. The lowest BCUT2D eigenvalue weighted by molar-refractivity contribution is 0.135. The second-order valence-corrected chi connectivity index (χ2v) is 9.25. The molecule has 10 nitrogen and oxygen atoms in total. The fourth-order valence-electron chi connectivity index (χ4n) is 4.73. The topological polar surface area (TPSA) is 132 Å². The van der Waals surface area contributed by atoms with Crippen LogP contribution in [0.5, 0.6) is 11.5 Å². The Hall–Kier alpha value is -4.18. The first kappa shape index (κ1) is 24.5. The van der Waals surface area contributed by atoms with Crippen molar-refractivity contribution in [1.82, 2.24) is 25.1 Å². The van der Waals surface area contributed by atoms with Gasteiger partial charge in [-0.05, 0) is 49.2 Å². The molecule has 0 spiro atoms. The number of nitrogens with one attached hydrogen (secondary N) is 3. The number of aromatic nitrogens is 2. The fraction of sp³-hybridized carbons (Fsp3) is 0.333. The van der Waals surface area contributed by atoms with Crippen LogP contribution in [0.25, 0.3) is 0 Å². The van der Waals surface area contributed by atoms with E-state index < -0.39 is 0 Å². The molecule has 2 amide bonds. The molecule has 3 aromatic rings. The Balaban J connectivity index is 1.29. The summed E-state index contributed by atoms with van der Waals surface area (Å²) in [6.07, 6.45) is 3.19. The van der Waals surface area contributed by atoms with E-state index in [0.717, 1.165) is 51.3 Å². The molecule has 2 saturated heterocycles. The van der Waals surface area contributed by atoms with Crippen molar-refractivity contribution in [2.45, 2.75) is 18.9 Å². The lowest BCUT2D eigenvalue weighted by Gasteiger charge is -2.38. The molecule has 1 unspecified atom stereocenters. The molecule has 10 heteroatoms. The Bertz CT molecular complexity index is 1230. The van der Waals surface area contributed by atoms with Crippen molar-refractivity contribution >= 4 is 23.4 Å². The predicted octanol–water partition coefficient (Wildman–Crippen LogP) is 3.17. The van der Waals surface area contributed by atoms with Gasteiger partial charge in [0.2, 0.25) is 0 Å². The molecule has 5 rings (SSSR count). The van der Waals surface area contributed by atoms with E-state index in [1.165, 1.54) is 6.33 Å². The Morgan fingerprint density at radius 1 is 1.00 bits per heavy atom. The van der Waals surface area contributed by atoms with Crippen LogP contribution in [0.15, 0.2) is 60.9 Å². The second-order valence-electron chi connectivity index (χ2n) is 9.25. The van der Waals surface area contributed by atoms with Crippen LogP contribution in [0.1, 0.15) is 24.0 Å². The van der Waals surface area contributed by atoms with Crippen LogP contribution >= 0.6 is 0 Å². The van der Waals surface area contributed by atoms with Gasteiger partial charge in [0.15, 0.2) is 0 Å². The van der Waals surface area contributed by atoms with Crippen LogP contribution in [0.2, 0.25) is 0 Å². The number of carbonyl (C=O) groups is 1. The van der Waals surface area contributed by atoms with Gasteiger partial charge in [0.05, 0.1) is 11.3 Å². The number of amides is 2. The molecule has 0 radical (unpaired) electrons. The van der Waals surface area contributed by atoms with Crippen molar-refractivity contribution in [2.24, 2.45) is 0 Å². The van der Waals surface area contributed by atoms with Crippen molar-refractivity contribution in [3.8, 4) is 11.5 Å². The summed E-state index contributed by atoms with van der Waals surface area (Å²) < 4.78 is 5.87. The van der Waals surface area contributed by atoms with Gasteiger partial charge in [0.25, 0.3) is 0 Å². The number of anilines is 2. The van der Waals surface area contributed by atoms with Crippen LogP contribution in [0.3, 0.4) is 0 Å². The molecule has 1 atom stereocenters. The van der Waals surface area contributed by atoms with Gasteiger partial charge in [0, 0.05) is 50.9 Å². The van der Waals surface area contributed by atoms with Crippen LogP contribution in [-0.4, -0.2) is 76.8 Å². The maximum atomic E-state index is 13.0. The Kier molecular flexibility index (Phi) is 7.46. The van der Waals surface area contributed by atoms with E-state index >= 15 is 0 Å². The standard InChI is InChI=1S/C27H32N8O2/c28-24(19-8-10-22(11-9-19)37-21-6-2-1-3-7-21)23-25(29)31-18-32-26(23)33-20-5-4-14-35(17-20)27(36)34-15-12-30-13-16-34/h1-3,6-11,18,20,28,30H,4-5,12-17H2,(H3,29,31,32,33). The van der Waals surface area contributed by atoms with Gasteiger partial charge in [0.1, 0.15) is 29.5 Å². The third-order valence-corrected chi connectivity index (χ3v) is 6.67. The van der Waals surface area contributed by atoms with E-state index in [4.69, 9.17) is 15.9 Å². The Labute approximate surface area is 216 Å². The number of piperazine rings is 1. The molecule has 3 heterocycles. The third kappa shape index (κ3) is 5.80. The number of nitrogen functional groups attached to an aromatic ring is 1. The molecule has 5 N–H and O–H groups in total. The van der Waals surface area contributed by atoms with Gasteiger partial charge in [-0.3, -0.25) is 5.41 Å². The molecular weight excluding hydrogens is 468 g/mol. The molecule has 2 aliphatic rings. The number of carbonyl (C=O) groups excluding carboxylic acids is 1. The zero-order valence-electron chi connectivity index (χ0n) is 20.7. The van der Waals surface area contributed by atoms with Gasteiger partial charge in [-0.15, -0.1) is 0 Å². The van der Waals surface area contributed by atoms with E-state index in [9.17, 15) is 4.79 Å². The SMILES string of the molecule is N=C(c1ccc(Oc2ccccc2)cc1)c1c(N)ncnc1NC1CCCN(C(=O)N2CCNCC2)C1. The van der Waals surface area contributed by atoms with E-state index in [1.807, 2.05) is 64.4 Å². The van der Waals surface area contributed by atoms with Crippen molar-refractivity contribution in [1.29, 1.82) is 5.41 Å². The smallest absolute Gasteiger partial charge is 0.320 e. The number of ether oxygens (including phenoxy) is 1. The van der Waals surface area contributed by atoms with Gasteiger partial charge < -0.3 is 30.9 Å². The summed E-state index contributed by atoms with van der Waals surface area (Å²) in [6.45, 7) is 4.43. The van der Waals surface area contributed by atoms with Crippen molar-refractivity contribution in [2.75, 3.05) is 50.3 Å². The summed E-state index contributed by atoms with van der Waals surface area (Å²) in [5, 5.41) is 15.6. The third-order valence-electron chi connectivity index (χ3n) is 6.67. The molecule has 2 aliphatic heterocycles. The van der Waals surface area contributed by atoms with Crippen LogP contribution < -0.4 is 21.1 Å². The average molecular weight is 501 g/mol. The normalized spacial score (nSPS) is 17.8. The quantitative estimate of drug-likeness (QED) is 0.382. The maximum Gasteiger partial charge on any atom is 0.320 e. The number of para-hydroxylation sites is 1. The van der Waals surface area contributed by atoms with Crippen LogP contribution in [0.4, 0.5) is 16.4 Å². The first-order valence-corrected chi connectivity index (χ1v) is 12.6. The fourth-order valence-corrected chi connectivity index (χ4v) is 4.73. The minimum atomic E-state index is 0.00288. The monoisotopic (exact) mass is 500 g/mol. The average Bonchev–Trinajstić information content (AvgIpc) is 2.94. The minimum absolute atomic E-state index is 0.00288. The molecule has 2 fully saturated rings. The zero-order chi connectivity index (χ0) is 25.6. The molecule has 0 aliphatic carbocycles. The van der Waals surface area contributed by atoms with Crippen LogP contribution in [0, 0.1) is 5.41 Å². The van der Waals surface area contributed by atoms with Crippen LogP contribution in [-0.2, 0) is 0 Å². The minimum Gasteiger partial charge on any atom is -0.457 e. The second kappa shape index (κ2) is 11.3. The largest absolute Gasteiger partial charge is 0.457 e. The van der Waals surface area contributed by atoms with Gasteiger partial charge in [-0.1, -0.05) is 18.2 Å². The summed E-state index contributed by atoms with van der Waals surface area (Å²) in [7, 11) is 0. The number of rotatable bonds is 6. The number of benzene rings is 2. The molecular formula is C27H32N8O2.